The molecule has 0 aromatic rings. The van der Waals surface area contributed by atoms with Crippen molar-refractivity contribution < 1.29 is 0 Å². The molecule has 0 aromatic carbocycles. The van der Waals surface area contributed by atoms with Crippen LogP contribution in [0.5, 0.6) is 0 Å². The molecular weight excluding hydrogens is 271 g/mol. The van der Waals surface area contributed by atoms with E-state index in [1.807, 2.05) is 12.2 Å². The number of hydrogen-bond acceptors (Lipinski definition) is 0. The summed E-state index contributed by atoms with van der Waals surface area (Å²) in [5.74, 6) is 12.4. The van der Waals surface area contributed by atoms with Crippen molar-refractivity contribution in [2.75, 3.05) is 0 Å². The molecule has 0 heterocycles. The van der Waals surface area contributed by atoms with Gasteiger partial charge in [0.1, 0.15) is 0 Å². The molecule has 0 spiro atoms. The van der Waals surface area contributed by atoms with Crippen LogP contribution in [-0.4, -0.2) is 15.0 Å². The second-order valence-corrected chi connectivity index (χ2v) is 5.30. The third kappa shape index (κ3) is 15.1. The van der Waals surface area contributed by atoms with Crippen LogP contribution < -0.4 is 0 Å². The Morgan fingerprint density at radius 2 is 1.29 bits per heavy atom. The average Bonchev–Trinajstić information content (AvgIpc) is 2.35. The molecule has 0 aliphatic carbocycles. The van der Waals surface area contributed by atoms with Gasteiger partial charge in [-0.25, -0.2) is 0 Å². The van der Waals surface area contributed by atoms with E-state index in [4.69, 9.17) is 0 Å². The standard InChI is InChI=1S/C16H22Se/c1-3-5-7-9-11-13-15-17-16-14-12-10-8-6-4-2/h13-16H,3-8H2,1-2H3/b15-13+,16-14+. The van der Waals surface area contributed by atoms with Crippen LogP contribution in [0, 0.1) is 23.7 Å². The molecule has 0 nitrogen and oxygen atoms in total. The van der Waals surface area contributed by atoms with Crippen LogP contribution in [0.15, 0.2) is 22.1 Å². The molecule has 0 radical (unpaired) electrons. The minimum absolute atomic E-state index is 0.402. The van der Waals surface area contributed by atoms with E-state index < -0.39 is 0 Å². The van der Waals surface area contributed by atoms with Gasteiger partial charge in [0, 0.05) is 0 Å². The van der Waals surface area contributed by atoms with Gasteiger partial charge >= 0.3 is 113 Å². The molecular formula is C16H22Se. The van der Waals surface area contributed by atoms with Gasteiger partial charge < -0.3 is 0 Å². The summed E-state index contributed by atoms with van der Waals surface area (Å²) >= 11 is 0.402. The predicted molar refractivity (Wildman–Crippen MR) is 78.6 cm³/mol. The van der Waals surface area contributed by atoms with E-state index in [9.17, 15) is 0 Å². The zero-order valence-corrected chi connectivity index (χ0v) is 12.7. The normalized spacial score (nSPS) is 10.0. The number of allylic oxidation sites excluding steroid dienone is 2. The summed E-state index contributed by atoms with van der Waals surface area (Å²) in [6.07, 6.45) is 10.8. The second kappa shape index (κ2) is 15.1. The fourth-order valence-electron chi connectivity index (χ4n) is 0.984. The van der Waals surface area contributed by atoms with E-state index in [2.05, 4.69) is 47.5 Å². The van der Waals surface area contributed by atoms with E-state index in [1.54, 1.807) is 0 Å². The Morgan fingerprint density at radius 1 is 0.824 bits per heavy atom. The van der Waals surface area contributed by atoms with Crippen molar-refractivity contribution in [1.29, 1.82) is 0 Å². The van der Waals surface area contributed by atoms with Gasteiger partial charge in [0.05, 0.1) is 0 Å². The molecule has 0 aliphatic rings. The van der Waals surface area contributed by atoms with Crippen LogP contribution in [-0.2, 0) is 0 Å². The van der Waals surface area contributed by atoms with Crippen molar-refractivity contribution in [1.82, 2.24) is 0 Å². The first kappa shape index (κ1) is 16.1. The monoisotopic (exact) mass is 294 g/mol. The Labute approximate surface area is 113 Å². The Hall–Kier alpha value is -0.881. The van der Waals surface area contributed by atoms with Gasteiger partial charge in [0.25, 0.3) is 0 Å². The van der Waals surface area contributed by atoms with Crippen molar-refractivity contribution in [2.24, 2.45) is 0 Å². The third-order valence-corrected chi connectivity index (χ3v) is 3.21. The molecule has 1 heteroatoms. The van der Waals surface area contributed by atoms with Gasteiger partial charge in [-0.1, -0.05) is 0 Å². The summed E-state index contributed by atoms with van der Waals surface area (Å²) in [5.41, 5.74) is 0. The van der Waals surface area contributed by atoms with E-state index >= 15 is 0 Å². The summed E-state index contributed by atoms with van der Waals surface area (Å²) in [6.45, 7) is 4.37. The number of rotatable bonds is 6. The summed E-state index contributed by atoms with van der Waals surface area (Å²) in [7, 11) is 0. The zero-order valence-electron chi connectivity index (χ0n) is 11.0. The molecule has 0 saturated carbocycles. The van der Waals surface area contributed by atoms with Gasteiger partial charge in [0.15, 0.2) is 0 Å². The minimum atomic E-state index is 0.402. The van der Waals surface area contributed by atoms with Crippen molar-refractivity contribution in [3.8, 4) is 23.7 Å². The Kier molecular flexibility index (Phi) is 14.3. The quantitative estimate of drug-likeness (QED) is 0.393. The van der Waals surface area contributed by atoms with Crippen molar-refractivity contribution in [3.05, 3.63) is 22.1 Å². The average molecular weight is 293 g/mol. The molecule has 0 aromatic heterocycles. The van der Waals surface area contributed by atoms with Gasteiger partial charge in [0.2, 0.25) is 0 Å². The van der Waals surface area contributed by atoms with Crippen LogP contribution in [0.1, 0.15) is 52.4 Å². The summed E-state index contributed by atoms with van der Waals surface area (Å²) < 4.78 is 0. The first-order chi connectivity index (χ1) is 8.41. The van der Waals surface area contributed by atoms with E-state index in [1.165, 1.54) is 25.7 Å². The fourth-order valence-corrected chi connectivity index (χ4v) is 1.79. The van der Waals surface area contributed by atoms with Gasteiger partial charge in [-0.3, -0.25) is 0 Å². The zero-order chi connectivity index (χ0) is 12.6. The Morgan fingerprint density at radius 3 is 1.71 bits per heavy atom. The summed E-state index contributed by atoms with van der Waals surface area (Å²) in [6, 6.07) is 0. The number of hydrogen-bond donors (Lipinski definition) is 0. The van der Waals surface area contributed by atoms with Crippen LogP contribution in [0.25, 0.3) is 0 Å². The SMILES string of the molecule is CCCCC#C/C=C/[Se]/C=C/C#CCCCC. The third-order valence-electron chi connectivity index (χ3n) is 1.97. The van der Waals surface area contributed by atoms with Crippen LogP contribution in [0.3, 0.4) is 0 Å². The van der Waals surface area contributed by atoms with Gasteiger partial charge in [-0.05, 0) is 0 Å². The number of unbranched alkanes of at least 4 members (excludes halogenated alkanes) is 4. The molecule has 17 heavy (non-hydrogen) atoms. The molecule has 0 fully saturated rings. The molecule has 0 saturated heterocycles. The molecule has 0 bridgehead atoms. The molecule has 0 aliphatic heterocycles. The van der Waals surface area contributed by atoms with E-state index in [-0.39, 0.29) is 0 Å². The molecule has 0 rings (SSSR count). The van der Waals surface area contributed by atoms with Crippen molar-refractivity contribution >= 4 is 15.0 Å². The molecule has 0 unspecified atom stereocenters. The van der Waals surface area contributed by atoms with Gasteiger partial charge in [-0.2, -0.15) is 0 Å². The van der Waals surface area contributed by atoms with E-state index in [0.29, 0.717) is 15.0 Å². The van der Waals surface area contributed by atoms with Crippen molar-refractivity contribution in [3.63, 3.8) is 0 Å². The summed E-state index contributed by atoms with van der Waals surface area (Å²) in [5, 5.41) is 0. The van der Waals surface area contributed by atoms with Gasteiger partial charge in [-0.15, -0.1) is 0 Å². The predicted octanol–water partition coefficient (Wildman–Crippen LogP) is 4.11. The second-order valence-electron chi connectivity index (χ2n) is 3.59. The first-order valence-corrected chi connectivity index (χ1v) is 8.31. The summed E-state index contributed by atoms with van der Waals surface area (Å²) in [4.78, 5) is 4.27. The van der Waals surface area contributed by atoms with Crippen LogP contribution in [0.4, 0.5) is 0 Å². The van der Waals surface area contributed by atoms with Crippen LogP contribution >= 0.6 is 0 Å². The fraction of sp³-hybridized carbons (Fsp3) is 0.500. The maximum atomic E-state index is 3.13. The Balaban J connectivity index is 3.52. The molecule has 0 N–H and O–H groups in total. The molecule has 0 amide bonds. The van der Waals surface area contributed by atoms with Crippen LogP contribution in [0.2, 0.25) is 0 Å². The van der Waals surface area contributed by atoms with E-state index in [0.717, 1.165) is 12.8 Å². The van der Waals surface area contributed by atoms with Crippen molar-refractivity contribution in [2.45, 2.75) is 52.4 Å². The Bertz CT molecular complexity index is 294. The maximum absolute atomic E-state index is 3.13. The molecule has 92 valence electrons. The molecule has 0 atom stereocenters. The topological polar surface area (TPSA) is 0 Å². The first-order valence-electron chi connectivity index (χ1n) is 6.34.